The van der Waals surface area contributed by atoms with Gasteiger partial charge in [-0.1, -0.05) is 341 Å². The monoisotopic (exact) mass is 1590 g/mol. The molecule has 0 saturated heterocycles. The van der Waals surface area contributed by atoms with E-state index in [1.165, 1.54) is 188 Å². The third kappa shape index (κ3) is 14.9. The van der Waals surface area contributed by atoms with Crippen LogP contribution in [0.2, 0.25) is 0 Å². The molecule has 6 heteroatoms. The molecule has 4 aromatic heterocycles. The van der Waals surface area contributed by atoms with Crippen molar-refractivity contribution in [2.75, 3.05) is 23.9 Å². The van der Waals surface area contributed by atoms with E-state index < -0.39 is 0 Å². The van der Waals surface area contributed by atoms with Crippen molar-refractivity contribution in [3.8, 4) is 45.0 Å². The standard InChI is InChI=1S/2C31H24N2.C30H23N.C26H21N/c1-32(25-18-16-24(17-19-25)23-10-4-2-5-11-23)27-20-21-31-29(22-27)28-14-8-9-15-30(28)33(31)26-12-6-3-7-13-26;1-32(25-12-6-3-7-13-25)27-20-21-31-29(22-27)28-14-8-9-15-30(28)33(31)26-18-16-24(17-19-26)23-10-4-2-5-11-23;1-21(25-14-8-10-23-9-2-3-11-26(23)25)22-17-19-24(20-18-22)31-29-15-6-4-12-27(29)28-13-5-7-16-30(28)31;1-19(20-9-3-2-4-10-20)21-15-17-22(18-16-21)27-25-13-7-5-11-23(25)24-12-6-8-14-26(24)27/h2*2-22H,1H3;2-21H,1H3;2-19H,1H3/t;;21-;19-/m..01/s1. The molecule has 2 atom stereocenters. The Hall–Kier alpha value is -15.8. The van der Waals surface area contributed by atoms with Crippen LogP contribution in [0.15, 0.2) is 473 Å². The van der Waals surface area contributed by atoms with Gasteiger partial charge in [-0.15, -0.1) is 0 Å². The Bertz CT molecular complexity index is 7570. The number of nitrogens with zero attached hydrogens (tertiary/aromatic N) is 6. The number of para-hydroxylation sites is 8. The summed E-state index contributed by atoms with van der Waals surface area (Å²) in [5.74, 6) is 0.719. The number of hydrogen-bond acceptors (Lipinski definition) is 2. The zero-order valence-electron chi connectivity index (χ0n) is 69.9. The van der Waals surface area contributed by atoms with Gasteiger partial charge in [0.1, 0.15) is 0 Å². The van der Waals surface area contributed by atoms with Crippen molar-refractivity contribution in [1.29, 1.82) is 0 Å². The Morgan fingerprint density at radius 2 is 0.435 bits per heavy atom. The molecule has 4 heterocycles. The molecule has 0 amide bonds. The van der Waals surface area contributed by atoms with Gasteiger partial charge in [-0.05, 0) is 201 Å². The van der Waals surface area contributed by atoms with Crippen LogP contribution in [-0.4, -0.2) is 32.4 Å². The van der Waals surface area contributed by atoms with Crippen LogP contribution < -0.4 is 9.80 Å². The Morgan fingerprint density at radius 1 is 0.177 bits per heavy atom. The van der Waals surface area contributed by atoms with Crippen LogP contribution in [0.3, 0.4) is 0 Å². The number of hydrogen-bond donors (Lipinski definition) is 0. The van der Waals surface area contributed by atoms with E-state index in [1.807, 2.05) is 0 Å². The molecule has 19 aromatic carbocycles. The van der Waals surface area contributed by atoms with Crippen LogP contribution in [0, 0.1) is 0 Å². The van der Waals surface area contributed by atoms with Gasteiger partial charge in [0.2, 0.25) is 0 Å². The van der Waals surface area contributed by atoms with Gasteiger partial charge in [0, 0.05) is 115 Å². The van der Waals surface area contributed by atoms with Gasteiger partial charge in [0.05, 0.1) is 44.1 Å². The van der Waals surface area contributed by atoms with Crippen molar-refractivity contribution in [3.63, 3.8) is 0 Å². The van der Waals surface area contributed by atoms with Gasteiger partial charge in [-0.3, -0.25) is 0 Å². The van der Waals surface area contributed by atoms with Crippen LogP contribution >= 0.6 is 0 Å². The second-order valence-electron chi connectivity index (χ2n) is 32.1. The maximum Gasteiger partial charge on any atom is 0.0542 e. The van der Waals surface area contributed by atoms with Crippen LogP contribution in [0.1, 0.15) is 47.9 Å². The fraction of sp³-hybridized carbons (Fsp3) is 0.0508. The fourth-order valence-corrected chi connectivity index (χ4v) is 18.3. The summed E-state index contributed by atoms with van der Waals surface area (Å²) in [6.45, 7) is 4.57. The quantitative estimate of drug-likeness (QED) is 0.108. The van der Waals surface area contributed by atoms with E-state index in [1.54, 1.807) is 0 Å². The maximum absolute atomic E-state index is 2.37. The third-order valence-corrected chi connectivity index (χ3v) is 24.9. The fourth-order valence-electron chi connectivity index (χ4n) is 18.3. The Labute approximate surface area is 724 Å². The Balaban J connectivity index is 0.000000105. The minimum atomic E-state index is 0.332. The van der Waals surface area contributed by atoms with Crippen molar-refractivity contribution in [3.05, 3.63) is 495 Å². The lowest BCUT2D eigenvalue weighted by molar-refractivity contribution is 0.921. The van der Waals surface area contributed by atoms with Crippen LogP contribution in [0.5, 0.6) is 0 Å². The first kappa shape index (κ1) is 76.9. The summed E-state index contributed by atoms with van der Waals surface area (Å²) in [7, 11) is 4.26. The molecule has 0 aliphatic heterocycles. The average molecular weight is 1590 g/mol. The highest BCUT2D eigenvalue weighted by Gasteiger charge is 2.21. The molecular weight excluding hydrogens is 1500 g/mol. The predicted octanol–water partition coefficient (Wildman–Crippen LogP) is 31.5. The lowest BCUT2D eigenvalue weighted by atomic mass is 9.89. The first-order valence-corrected chi connectivity index (χ1v) is 42.9. The number of rotatable bonds is 14. The highest BCUT2D eigenvalue weighted by Crippen LogP contribution is 2.42. The largest absolute Gasteiger partial charge is 0.345 e. The van der Waals surface area contributed by atoms with Crippen molar-refractivity contribution >= 4 is 121 Å². The molecule has 0 aliphatic rings. The normalized spacial score (nSPS) is 11.8. The molecular formula is C118H92N6. The van der Waals surface area contributed by atoms with E-state index in [9.17, 15) is 0 Å². The second-order valence-corrected chi connectivity index (χ2v) is 32.1. The summed E-state index contributed by atoms with van der Waals surface area (Å²) in [6, 6.07) is 169. The van der Waals surface area contributed by atoms with Crippen molar-refractivity contribution in [2.24, 2.45) is 0 Å². The molecule has 0 aliphatic carbocycles. The molecule has 0 spiro atoms. The molecule has 0 unspecified atom stereocenters. The lowest BCUT2D eigenvalue weighted by Crippen LogP contribution is -2.09. The highest BCUT2D eigenvalue weighted by molar-refractivity contribution is 6.13. The molecule has 6 nitrogen and oxygen atoms in total. The summed E-state index contributed by atoms with van der Waals surface area (Å²) in [5, 5.41) is 12.9. The van der Waals surface area contributed by atoms with Crippen LogP contribution in [-0.2, 0) is 0 Å². The van der Waals surface area contributed by atoms with E-state index in [0.29, 0.717) is 11.8 Å². The first-order chi connectivity index (χ1) is 61.2. The van der Waals surface area contributed by atoms with Crippen LogP contribution in [0.25, 0.3) is 143 Å². The summed E-state index contributed by atoms with van der Waals surface area (Å²) in [4.78, 5) is 4.49. The smallest absolute Gasteiger partial charge is 0.0542 e. The first-order valence-electron chi connectivity index (χ1n) is 42.9. The second kappa shape index (κ2) is 34.2. The molecule has 0 bridgehead atoms. The summed E-state index contributed by atoms with van der Waals surface area (Å²) >= 11 is 0. The maximum atomic E-state index is 2.37. The SMILES string of the molecule is CN(c1ccc(-c2ccccc2)cc1)c1ccc2c(c1)c1ccccc1n2-c1ccccc1.CN(c1ccccc1)c1ccc2c(c1)c1ccccc1n2-c1ccc(-c2ccccc2)cc1.C[C@@H](c1ccc(-n2c3ccccc3c3ccccc32)cc1)c1cccc2ccccc12.C[C@H](c1ccccc1)c1ccc(-n2c3ccccc3c3ccccc32)cc1. The minimum Gasteiger partial charge on any atom is -0.345 e. The summed E-state index contributed by atoms with van der Waals surface area (Å²) in [6.07, 6.45) is 0. The van der Waals surface area contributed by atoms with Gasteiger partial charge < -0.3 is 28.1 Å². The van der Waals surface area contributed by atoms with Gasteiger partial charge in [0.15, 0.2) is 0 Å². The molecule has 0 radical (unpaired) electrons. The molecule has 594 valence electrons. The number of aromatic nitrogens is 4. The van der Waals surface area contributed by atoms with E-state index in [0.717, 1.165) is 0 Å². The minimum absolute atomic E-state index is 0.332. The van der Waals surface area contributed by atoms with E-state index in [4.69, 9.17) is 0 Å². The zero-order chi connectivity index (χ0) is 83.4. The van der Waals surface area contributed by atoms with E-state index >= 15 is 0 Å². The third-order valence-electron chi connectivity index (χ3n) is 24.9. The molecule has 23 rings (SSSR count). The van der Waals surface area contributed by atoms with Gasteiger partial charge in [-0.25, -0.2) is 0 Å². The van der Waals surface area contributed by atoms with E-state index in [-0.39, 0.29) is 0 Å². The topological polar surface area (TPSA) is 26.2 Å². The summed E-state index contributed by atoms with van der Waals surface area (Å²) in [5.41, 5.74) is 29.7. The van der Waals surface area contributed by atoms with Crippen molar-refractivity contribution < 1.29 is 0 Å². The Morgan fingerprint density at radius 3 is 0.839 bits per heavy atom. The lowest BCUT2D eigenvalue weighted by Gasteiger charge is -2.20. The van der Waals surface area contributed by atoms with Crippen molar-refractivity contribution in [1.82, 2.24) is 18.3 Å². The zero-order valence-corrected chi connectivity index (χ0v) is 69.9. The van der Waals surface area contributed by atoms with Crippen LogP contribution in [0.4, 0.5) is 22.7 Å². The van der Waals surface area contributed by atoms with Gasteiger partial charge in [-0.2, -0.15) is 0 Å². The molecule has 124 heavy (non-hydrogen) atoms. The number of anilines is 4. The van der Waals surface area contributed by atoms with Gasteiger partial charge in [0.25, 0.3) is 0 Å². The average Bonchev–Trinajstić information content (AvgIpc) is 1.60. The molecule has 23 aromatic rings. The molecule has 0 N–H and O–H groups in total. The highest BCUT2D eigenvalue weighted by atomic mass is 15.1. The van der Waals surface area contributed by atoms with E-state index in [2.05, 4.69) is 529 Å². The van der Waals surface area contributed by atoms with Gasteiger partial charge >= 0.3 is 0 Å². The molecule has 0 fully saturated rings. The Kier molecular flexibility index (Phi) is 21.2. The summed E-state index contributed by atoms with van der Waals surface area (Å²) < 4.78 is 9.45. The predicted molar refractivity (Wildman–Crippen MR) is 528 cm³/mol. The van der Waals surface area contributed by atoms with Crippen molar-refractivity contribution in [2.45, 2.75) is 25.7 Å². The number of benzene rings is 19. The number of fused-ring (bicyclic) bond motifs is 13. The molecule has 0 saturated carbocycles.